The van der Waals surface area contributed by atoms with E-state index in [2.05, 4.69) is 25.8 Å². The van der Waals surface area contributed by atoms with Crippen LogP contribution in [0.2, 0.25) is 0 Å². The zero-order valence-corrected chi connectivity index (χ0v) is 12.1. The van der Waals surface area contributed by atoms with Crippen molar-refractivity contribution < 1.29 is 9.59 Å². The van der Waals surface area contributed by atoms with Crippen LogP contribution in [0, 0.1) is 0 Å². The molecule has 7 heteroatoms. The molecule has 0 aliphatic rings. The van der Waals surface area contributed by atoms with Crippen LogP contribution in [0.1, 0.15) is 41.7 Å². The van der Waals surface area contributed by atoms with Gasteiger partial charge in [-0.3, -0.25) is 14.7 Å². The highest BCUT2D eigenvalue weighted by molar-refractivity contribution is 6.02. The molecule has 0 fully saturated rings. The summed E-state index contributed by atoms with van der Waals surface area (Å²) in [5.41, 5.74) is 0.808. The number of aromatic amines is 1. The number of hydrogen-bond acceptors (Lipinski definition) is 4. The number of carbonyl (C=O) groups is 2. The lowest BCUT2D eigenvalue weighted by atomic mass is 10.1. The van der Waals surface area contributed by atoms with Crippen LogP contribution in [0.5, 0.6) is 0 Å². The molecule has 0 saturated heterocycles. The first-order valence-electron chi connectivity index (χ1n) is 6.44. The second-order valence-corrected chi connectivity index (χ2v) is 5.57. The highest BCUT2D eigenvalue weighted by Crippen LogP contribution is 2.11. The van der Waals surface area contributed by atoms with E-state index in [0.29, 0.717) is 11.3 Å². The predicted octanol–water partition coefficient (Wildman–Crippen LogP) is 1.59. The van der Waals surface area contributed by atoms with Gasteiger partial charge in [-0.05, 0) is 45.0 Å². The summed E-state index contributed by atoms with van der Waals surface area (Å²) < 4.78 is 0. The van der Waals surface area contributed by atoms with Gasteiger partial charge in [-0.15, -0.1) is 0 Å². The van der Waals surface area contributed by atoms with Crippen molar-refractivity contribution in [3.05, 3.63) is 42.0 Å². The molecule has 2 amide bonds. The van der Waals surface area contributed by atoms with Gasteiger partial charge >= 0.3 is 0 Å². The minimum Gasteiger partial charge on any atom is -0.347 e. The van der Waals surface area contributed by atoms with Crippen molar-refractivity contribution in [2.75, 3.05) is 5.32 Å². The van der Waals surface area contributed by atoms with Crippen LogP contribution in [0.15, 0.2) is 30.6 Å². The maximum Gasteiger partial charge on any atom is 0.292 e. The molecule has 2 rings (SSSR count). The normalized spacial score (nSPS) is 11.0. The van der Waals surface area contributed by atoms with Gasteiger partial charge in [0.15, 0.2) is 0 Å². The van der Waals surface area contributed by atoms with Crippen molar-refractivity contribution in [2.45, 2.75) is 26.3 Å². The van der Waals surface area contributed by atoms with E-state index in [1.165, 1.54) is 6.33 Å². The number of carbonyl (C=O) groups excluding carboxylic acids is 2. The summed E-state index contributed by atoms with van der Waals surface area (Å²) in [4.78, 5) is 27.5. The highest BCUT2D eigenvalue weighted by Gasteiger charge is 2.15. The second kappa shape index (κ2) is 5.74. The van der Waals surface area contributed by atoms with Crippen molar-refractivity contribution in [3.8, 4) is 0 Å². The van der Waals surface area contributed by atoms with Crippen molar-refractivity contribution in [2.24, 2.45) is 0 Å². The minimum absolute atomic E-state index is 0.129. The summed E-state index contributed by atoms with van der Waals surface area (Å²) in [6, 6.07) is 6.62. The number of rotatable bonds is 3. The lowest BCUT2D eigenvalue weighted by Gasteiger charge is -2.20. The van der Waals surface area contributed by atoms with Crippen LogP contribution in [0.3, 0.4) is 0 Å². The molecule has 0 saturated carbocycles. The van der Waals surface area contributed by atoms with E-state index in [0.717, 1.165) is 0 Å². The Morgan fingerprint density at radius 1 is 1.10 bits per heavy atom. The smallest absolute Gasteiger partial charge is 0.292 e. The van der Waals surface area contributed by atoms with Crippen LogP contribution in [-0.2, 0) is 0 Å². The Labute approximate surface area is 122 Å². The van der Waals surface area contributed by atoms with Gasteiger partial charge in [0.1, 0.15) is 6.33 Å². The zero-order chi connectivity index (χ0) is 15.5. The Morgan fingerprint density at radius 3 is 2.29 bits per heavy atom. The van der Waals surface area contributed by atoms with Crippen molar-refractivity contribution >= 4 is 17.5 Å². The first-order chi connectivity index (χ1) is 9.85. The molecule has 110 valence electrons. The quantitative estimate of drug-likeness (QED) is 0.798. The maximum absolute atomic E-state index is 12.0. The standard InChI is InChI=1S/C14H17N5O2/c1-14(2,3)18-12(20)9-4-6-10(7-5-9)17-13(21)11-15-8-16-19-11/h4-8H,1-3H3,(H,17,21)(H,18,20)(H,15,16,19). The van der Waals surface area contributed by atoms with E-state index in [1.807, 2.05) is 20.8 Å². The molecule has 3 N–H and O–H groups in total. The number of amides is 2. The van der Waals surface area contributed by atoms with Gasteiger partial charge in [-0.25, -0.2) is 4.98 Å². The Balaban J connectivity index is 2.02. The zero-order valence-electron chi connectivity index (χ0n) is 12.1. The van der Waals surface area contributed by atoms with Gasteiger partial charge in [-0.1, -0.05) is 0 Å². The molecule has 1 heterocycles. The Bertz CT molecular complexity index is 626. The van der Waals surface area contributed by atoms with E-state index in [4.69, 9.17) is 0 Å². The summed E-state index contributed by atoms with van der Waals surface area (Å²) in [5.74, 6) is -0.417. The molecule has 1 aromatic heterocycles. The molecule has 0 aliphatic carbocycles. The van der Waals surface area contributed by atoms with E-state index < -0.39 is 0 Å². The third kappa shape index (κ3) is 4.13. The molecule has 0 atom stereocenters. The van der Waals surface area contributed by atoms with Crippen LogP contribution < -0.4 is 10.6 Å². The number of aromatic nitrogens is 3. The van der Waals surface area contributed by atoms with Crippen molar-refractivity contribution in [3.63, 3.8) is 0 Å². The third-order valence-corrected chi connectivity index (χ3v) is 2.52. The molecule has 7 nitrogen and oxygen atoms in total. The first-order valence-corrected chi connectivity index (χ1v) is 6.44. The molecule has 2 aromatic rings. The Kier molecular flexibility index (Phi) is 4.02. The van der Waals surface area contributed by atoms with Gasteiger partial charge in [0.05, 0.1) is 0 Å². The highest BCUT2D eigenvalue weighted by atomic mass is 16.2. The largest absolute Gasteiger partial charge is 0.347 e. The number of benzene rings is 1. The monoisotopic (exact) mass is 287 g/mol. The minimum atomic E-state index is -0.389. The van der Waals surface area contributed by atoms with Crippen LogP contribution >= 0.6 is 0 Å². The maximum atomic E-state index is 12.0. The van der Waals surface area contributed by atoms with Crippen molar-refractivity contribution in [1.29, 1.82) is 0 Å². The summed E-state index contributed by atoms with van der Waals surface area (Å²) in [6.07, 6.45) is 1.26. The van der Waals surface area contributed by atoms with E-state index in [9.17, 15) is 9.59 Å². The summed E-state index contributed by atoms with van der Waals surface area (Å²) in [5, 5.41) is 11.6. The fraction of sp³-hybridized carbons (Fsp3) is 0.286. The number of H-pyrrole nitrogens is 1. The van der Waals surface area contributed by atoms with Gasteiger partial charge in [0, 0.05) is 16.8 Å². The Hall–Kier alpha value is -2.70. The molecular formula is C14H17N5O2. The van der Waals surface area contributed by atoms with Gasteiger partial charge in [-0.2, -0.15) is 5.10 Å². The van der Waals surface area contributed by atoms with Gasteiger partial charge in [0.25, 0.3) is 11.8 Å². The number of nitrogens with zero attached hydrogens (tertiary/aromatic N) is 2. The lowest BCUT2D eigenvalue weighted by Crippen LogP contribution is -2.40. The first kappa shape index (κ1) is 14.7. The van der Waals surface area contributed by atoms with E-state index >= 15 is 0 Å². The predicted molar refractivity (Wildman–Crippen MR) is 78.0 cm³/mol. The molecule has 21 heavy (non-hydrogen) atoms. The molecule has 0 unspecified atom stereocenters. The Morgan fingerprint density at radius 2 is 1.76 bits per heavy atom. The molecule has 1 aromatic carbocycles. The van der Waals surface area contributed by atoms with Crippen molar-refractivity contribution in [1.82, 2.24) is 20.5 Å². The molecule has 0 aliphatic heterocycles. The summed E-state index contributed by atoms with van der Waals surface area (Å²) in [6.45, 7) is 5.74. The topological polar surface area (TPSA) is 99.8 Å². The van der Waals surface area contributed by atoms with Crippen LogP contribution in [0.4, 0.5) is 5.69 Å². The molecular weight excluding hydrogens is 270 g/mol. The fourth-order valence-corrected chi connectivity index (χ4v) is 1.62. The lowest BCUT2D eigenvalue weighted by molar-refractivity contribution is 0.0919. The molecule has 0 spiro atoms. The fourth-order valence-electron chi connectivity index (χ4n) is 1.62. The SMILES string of the molecule is CC(C)(C)NC(=O)c1ccc(NC(=O)c2ncn[nH]2)cc1. The third-order valence-electron chi connectivity index (χ3n) is 2.52. The van der Waals surface area contributed by atoms with E-state index in [1.54, 1.807) is 24.3 Å². The van der Waals surface area contributed by atoms with E-state index in [-0.39, 0.29) is 23.2 Å². The van der Waals surface area contributed by atoms with Crippen LogP contribution in [-0.4, -0.2) is 32.5 Å². The molecule has 0 radical (unpaired) electrons. The number of nitrogens with one attached hydrogen (secondary N) is 3. The van der Waals surface area contributed by atoms with Crippen LogP contribution in [0.25, 0.3) is 0 Å². The number of anilines is 1. The average molecular weight is 287 g/mol. The van der Waals surface area contributed by atoms with Gasteiger partial charge < -0.3 is 10.6 Å². The molecule has 0 bridgehead atoms. The van der Waals surface area contributed by atoms with Gasteiger partial charge in [0.2, 0.25) is 5.82 Å². The summed E-state index contributed by atoms with van der Waals surface area (Å²) in [7, 11) is 0. The second-order valence-electron chi connectivity index (χ2n) is 5.57. The number of hydrogen-bond donors (Lipinski definition) is 3. The summed E-state index contributed by atoms with van der Waals surface area (Å²) >= 11 is 0. The average Bonchev–Trinajstić information content (AvgIpc) is 2.91.